The zero-order valence-electron chi connectivity index (χ0n) is 20.9. The van der Waals surface area contributed by atoms with Crippen LogP contribution in [0, 0.1) is 0 Å². The minimum absolute atomic E-state index is 0.0131. The van der Waals surface area contributed by atoms with E-state index in [1.807, 2.05) is 6.92 Å². The molecule has 0 saturated carbocycles. The highest BCUT2D eigenvalue weighted by Crippen LogP contribution is 2.37. The first-order valence-electron chi connectivity index (χ1n) is 11.8. The monoisotopic (exact) mass is 529 g/mol. The quantitative estimate of drug-likeness (QED) is 0.273. The van der Waals surface area contributed by atoms with Crippen molar-refractivity contribution in [3.63, 3.8) is 0 Å². The Bertz CT molecular complexity index is 1440. The largest absolute Gasteiger partial charge is 0.494 e. The van der Waals surface area contributed by atoms with Crippen LogP contribution in [0.25, 0.3) is 22.4 Å². The molecule has 0 radical (unpaired) electrons. The van der Waals surface area contributed by atoms with Crippen LogP contribution in [-0.2, 0) is 12.6 Å². The number of nitrogens with one attached hydrogen (secondary N) is 2. The fourth-order valence-electron chi connectivity index (χ4n) is 3.68. The highest BCUT2D eigenvalue weighted by Gasteiger charge is 2.33. The number of hydrogen-bond donors (Lipinski definition) is 3. The van der Waals surface area contributed by atoms with E-state index in [9.17, 15) is 18.0 Å². The topological polar surface area (TPSA) is 141 Å². The molecule has 0 saturated heterocycles. The summed E-state index contributed by atoms with van der Waals surface area (Å²) >= 11 is 0. The van der Waals surface area contributed by atoms with Crippen molar-refractivity contribution in [1.29, 1.82) is 0 Å². The number of nitrogens with zero attached hydrogens (tertiary/aromatic N) is 4. The molecule has 4 aromatic rings. The van der Waals surface area contributed by atoms with Crippen molar-refractivity contribution in [2.75, 3.05) is 25.5 Å². The van der Waals surface area contributed by atoms with Crippen LogP contribution in [0.4, 0.5) is 19.1 Å². The second kappa shape index (κ2) is 11.0. The number of fused-ring (bicyclic) bond motifs is 1. The van der Waals surface area contributed by atoms with Gasteiger partial charge in [0, 0.05) is 36.4 Å². The first kappa shape index (κ1) is 26.8. The number of ether oxygens (including phenoxy) is 1. The molecule has 0 aliphatic carbocycles. The molecule has 0 fully saturated rings. The van der Waals surface area contributed by atoms with Gasteiger partial charge in [-0.25, -0.2) is 19.9 Å². The average molecular weight is 530 g/mol. The Kier molecular flexibility index (Phi) is 7.76. The molecule has 4 N–H and O–H groups in total. The number of carbonyl (C=O) groups is 1. The van der Waals surface area contributed by atoms with Gasteiger partial charge in [-0.15, -0.1) is 0 Å². The van der Waals surface area contributed by atoms with Gasteiger partial charge in [-0.05, 0) is 43.2 Å². The summed E-state index contributed by atoms with van der Waals surface area (Å²) in [6.07, 6.45) is -0.356. The lowest BCUT2D eigenvalue weighted by molar-refractivity contribution is -0.140. The number of alkyl halides is 3. The number of anilines is 1. The van der Waals surface area contributed by atoms with Gasteiger partial charge in [0.1, 0.15) is 17.0 Å². The van der Waals surface area contributed by atoms with Crippen molar-refractivity contribution in [3.05, 3.63) is 59.4 Å². The molecule has 0 bridgehead atoms. The van der Waals surface area contributed by atoms with E-state index in [2.05, 4.69) is 30.6 Å². The van der Waals surface area contributed by atoms with Crippen LogP contribution < -0.4 is 21.1 Å². The van der Waals surface area contributed by atoms with Crippen molar-refractivity contribution in [2.24, 2.45) is 5.73 Å². The number of amides is 1. The molecule has 13 heteroatoms. The third-order valence-corrected chi connectivity index (χ3v) is 5.65. The van der Waals surface area contributed by atoms with Crippen molar-refractivity contribution >= 4 is 22.8 Å². The summed E-state index contributed by atoms with van der Waals surface area (Å²) in [5, 5.41) is 6.06. The molecule has 1 atom stereocenters. The maximum atomic E-state index is 13.3. The molecule has 3 heterocycles. The lowest BCUT2D eigenvalue weighted by Gasteiger charge is -2.11. The number of aromatic nitrogens is 4. The van der Waals surface area contributed by atoms with Crippen LogP contribution in [0.2, 0.25) is 0 Å². The lowest BCUT2D eigenvalue weighted by Crippen LogP contribution is -2.30. The smallest absolute Gasteiger partial charge is 0.433 e. The highest BCUT2D eigenvalue weighted by atomic mass is 19.4. The van der Waals surface area contributed by atoms with E-state index in [0.29, 0.717) is 23.4 Å². The van der Waals surface area contributed by atoms with Gasteiger partial charge in [-0.2, -0.15) is 13.2 Å². The van der Waals surface area contributed by atoms with E-state index in [0.717, 1.165) is 18.1 Å². The fourth-order valence-corrected chi connectivity index (χ4v) is 3.68. The number of halogens is 3. The number of aryl methyl sites for hydroxylation is 1. The second-order valence-corrected chi connectivity index (χ2v) is 8.38. The van der Waals surface area contributed by atoms with Crippen LogP contribution in [-0.4, -0.2) is 46.0 Å². The predicted octanol–water partition coefficient (Wildman–Crippen LogP) is 4.13. The first-order chi connectivity index (χ1) is 18.1. The Morgan fingerprint density at radius 3 is 2.50 bits per heavy atom. The summed E-state index contributed by atoms with van der Waals surface area (Å²) in [5.41, 5.74) is 6.25. The van der Waals surface area contributed by atoms with Gasteiger partial charge in [0.25, 0.3) is 5.91 Å². The Balaban J connectivity index is 1.57. The first-order valence-corrected chi connectivity index (χ1v) is 11.8. The lowest BCUT2D eigenvalue weighted by atomic mass is 10.1. The predicted molar refractivity (Wildman–Crippen MR) is 134 cm³/mol. The van der Waals surface area contributed by atoms with E-state index in [1.165, 1.54) is 19.2 Å². The summed E-state index contributed by atoms with van der Waals surface area (Å²) in [7, 11) is 1.33. The molecular formula is C25H26F3N7O3. The molecule has 1 aromatic carbocycles. The van der Waals surface area contributed by atoms with Crippen LogP contribution in [0.1, 0.15) is 47.4 Å². The third-order valence-electron chi connectivity index (χ3n) is 5.65. The molecule has 200 valence electrons. The maximum Gasteiger partial charge on any atom is 0.433 e. The zero-order chi connectivity index (χ0) is 27.4. The van der Waals surface area contributed by atoms with Gasteiger partial charge in [0.05, 0.1) is 13.2 Å². The van der Waals surface area contributed by atoms with Crippen LogP contribution in [0.15, 0.2) is 41.1 Å². The van der Waals surface area contributed by atoms with E-state index in [4.69, 9.17) is 14.9 Å². The average Bonchev–Trinajstić information content (AvgIpc) is 3.36. The molecule has 38 heavy (non-hydrogen) atoms. The molecule has 0 unspecified atom stereocenters. The number of rotatable bonds is 9. The van der Waals surface area contributed by atoms with Crippen LogP contribution in [0.3, 0.4) is 0 Å². The molecule has 0 aliphatic rings. The Morgan fingerprint density at radius 2 is 1.87 bits per heavy atom. The number of benzene rings is 1. The molecule has 0 spiro atoms. The summed E-state index contributed by atoms with van der Waals surface area (Å²) in [5.74, 6) is 0.205. The number of hydrogen-bond acceptors (Lipinski definition) is 9. The minimum Gasteiger partial charge on any atom is -0.494 e. The molecule has 4 rings (SSSR count). The minimum atomic E-state index is -4.63. The summed E-state index contributed by atoms with van der Waals surface area (Å²) < 4.78 is 50.8. The van der Waals surface area contributed by atoms with Gasteiger partial charge in [-0.1, -0.05) is 6.92 Å². The molecule has 1 amide bonds. The number of methoxy groups -OCH3 is 1. The fraction of sp³-hybridized carbons (Fsp3) is 0.320. The number of oxazole rings is 1. The van der Waals surface area contributed by atoms with Crippen molar-refractivity contribution in [1.82, 2.24) is 25.3 Å². The Hall–Kier alpha value is -4.26. The second-order valence-electron chi connectivity index (χ2n) is 8.38. The third kappa shape index (κ3) is 5.67. The van der Waals surface area contributed by atoms with Gasteiger partial charge < -0.3 is 25.5 Å². The molecular weight excluding hydrogens is 503 g/mol. The highest BCUT2D eigenvalue weighted by molar-refractivity contribution is 5.98. The van der Waals surface area contributed by atoms with E-state index in [-0.39, 0.29) is 35.2 Å². The van der Waals surface area contributed by atoms with Gasteiger partial charge in [0.15, 0.2) is 11.5 Å². The van der Waals surface area contributed by atoms with Gasteiger partial charge in [-0.3, -0.25) is 4.79 Å². The molecule has 0 aliphatic heterocycles. The number of pyridine rings is 1. The molecule has 10 nitrogen and oxygen atoms in total. The summed E-state index contributed by atoms with van der Waals surface area (Å²) in [4.78, 5) is 29.4. The van der Waals surface area contributed by atoms with Crippen molar-refractivity contribution in [3.8, 4) is 17.2 Å². The van der Waals surface area contributed by atoms with Crippen molar-refractivity contribution in [2.45, 2.75) is 32.5 Å². The zero-order valence-corrected chi connectivity index (χ0v) is 20.9. The Morgan fingerprint density at radius 1 is 1.13 bits per heavy atom. The maximum absolute atomic E-state index is 13.3. The number of carbonyl (C=O) groups excluding carboxylic acids is 1. The Labute approximate surface area is 215 Å². The normalized spacial score (nSPS) is 12.4. The standard InChI is InChI=1S/C25H26F3N7O3/c1-4-14-11-32-24(33-12-14)31-10-9-30-22(36)20-21(13(2)29)38-23(35-20)16-5-7-17(37-3)19-15(16)6-8-18(34-19)25(26,27)28/h5-8,11-13H,4,9-10,29H2,1-3H3,(H,30,36)(H,31,32,33)/t13-/m0/s1. The van der Waals surface area contributed by atoms with Crippen LogP contribution >= 0.6 is 0 Å². The summed E-state index contributed by atoms with van der Waals surface area (Å²) in [6.45, 7) is 4.22. The number of nitrogens with two attached hydrogens (primary N) is 1. The SMILES string of the molecule is CCc1cnc(NCCNC(=O)c2nc(-c3ccc(OC)c4nc(C(F)(F)F)ccc34)oc2[C@H](C)N)nc1. The van der Waals surface area contributed by atoms with Gasteiger partial charge >= 0.3 is 6.18 Å². The molecule has 3 aromatic heterocycles. The van der Waals surface area contributed by atoms with E-state index in [1.54, 1.807) is 25.4 Å². The van der Waals surface area contributed by atoms with Gasteiger partial charge in [0.2, 0.25) is 11.8 Å². The van der Waals surface area contributed by atoms with Crippen LogP contribution in [0.5, 0.6) is 5.75 Å². The van der Waals surface area contributed by atoms with E-state index < -0.39 is 23.8 Å². The summed E-state index contributed by atoms with van der Waals surface area (Å²) in [6, 6.07) is 4.48. The van der Waals surface area contributed by atoms with E-state index >= 15 is 0 Å². The van der Waals surface area contributed by atoms with Crippen molar-refractivity contribution < 1.29 is 27.1 Å².